The molecule has 2 atom stereocenters. The van der Waals surface area contributed by atoms with E-state index in [-0.39, 0.29) is 30.8 Å². The van der Waals surface area contributed by atoms with Crippen LogP contribution in [0.25, 0.3) is 10.8 Å². The summed E-state index contributed by atoms with van der Waals surface area (Å²) in [5, 5.41) is 18.9. The molecular weight excluding hydrogens is 408 g/mol. The number of carboxylic acid groups (broad SMARTS) is 1. The number of hydrogen-bond acceptors (Lipinski definition) is 5. The highest BCUT2D eigenvalue weighted by atomic mass is 35.5. The fraction of sp³-hybridized carbons (Fsp3) is 0.273. The molecule has 0 amide bonds. The number of carbonyl (C=O) groups is 1. The number of fused-ring (bicyclic) bond motifs is 1. The number of nitrogen functional groups attached to an aromatic ring is 1. The summed E-state index contributed by atoms with van der Waals surface area (Å²) in [6, 6.07) is 12.5. The molecule has 1 saturated heterocycles. The van der Waals surface area contributed by atoms with Crippen LogP contribution in [0.15, 0.2) is 53.1 Å². The highest BCUT2D eigenvalue weighted by molar-refractivity contribution is 5.99. The number of benzene rings is 2. The lowest BCUT2D eigenvalue weighted by Crippen LogP contribution is -2.16. The van der Waals surface area contributed by atoms with Gasteiger partial charge < -0.3 is 24.7 Å². The summed E-state index contributed by atoms with van der Waals surface area (Å²) in [5.74, 6) is -0.405. The van der Waals surface area contributed by atoms with Gasteiger partial charge in [-0.1, -0.05) is 24.3 Å². The monoisotopic (exact) mass is 430 g/mol. The third-order valence-electron chi connectivity index (χ3n) is 5.15. The van der Waals surface area contributed by atoms with Gasteiger partial charge in [0.1, 0.15) is 23.4 Å². The number of nitrogens with two attached hydrogens (primary N) is 1. The lowest BCUT2D eigenvalue weighted by molar-refractivity contribution is -0.138. The van der Waals surface area contributed by atoms with Gasteiger partial charge in [0.15, 0.2) is 0 Å². The van der Waals surface area contributed by atoms with Gasteiger partial charge in [0.25, 0.3) is 0 Å². The van der Waals surface area contributed by atoms with Gasteiger partial charge in [0, 0.05) is 29.2 Å². The first-order valence-corrected chi connectivity index (χ1v) is 9.43. The summed E-state index contributed by atoms with van der Waals surface area (Å²) in [5.41, 5.74) is 6.81. The molecule has 30 heavy (non-hydrogen) atoms. The highest BCUT2D eigenvalue weighted by Gasteiger charge is 2.24. The Labute approximate surface area is 179 Å². The van der Waals surface area contributed by atoms with E-state index >= 15 is 0 Å². The van der Waals surface area contributed by atoms with E-state index in [1.807, 2.05) is 6.07 Å². The van der Waals surface area contributed by atoms with Crippen LogP contribution in [0, 0.1) is 5.41 Å². The molecule has 0 spiro atoms. The molecule has 7 nitrogen and oxygen atoms in total. The SMILES string of the molecule is Cl.N=C(N)c1ccc2c(CC(C(=O)O)c3ccc(OC4CCOC4)cc3)occ2c1. The number of aliphatic carboxylic acids is 1. The average molecular weight is 431 g/mol. The fourth-order valence-corrected chi connectivity index (χ4v) is 3.55. The maximum Gasteiger partial charge on any atom is 0.311 e. The van der Waals surface area contributed by atoms with Gasteiger partial charge in [-0.15, -0.1) is 12.4 Å². The summed E-state index contributed by atoms with van der Waals surface area (Å²) in [4.78, 5) is 11.9. The molecule has 2 heterocycles. The van der Waals surface area contributed by atoms with E-state index in [1.165, 1.54) is 0 Å². The lowest BCUT2D eigenvalue weighted by atomic mass is 9.93. The normalized spacial score (nSPS) is 16.7. The van der Waals surface area contributed by atoms with Crippen molar-refractivity contribution >= 4 is 35.0 Å². The number of furan rings is 1. The number of halogens is 1. The predicted octanol–water partition coefficient (Wildman–Crippen LogP) is 3.72. The van der Waals surface area contributed by atoms with E-state index in [4.69, 9.17) is 25.0 Å². The van der Waals surface area contributed by atoms with Crippen LogP contribution in [0.4, 0.5) is 0 Å². The van der Waals surface area contributed by atoms with Crippen LogP contribution < -0.4 is 10.5 Å². The van der Waals surface area contributed by atoms with Gasteiger partial charge in [0.05, 0.1) is 25.4 Å². The molecule has 0 saturated carbocycles. The number of nitrogens with one attached hydrogen (secondary N) is 1. The third-order valence-corrected chi connectivity index (χ3v) is 5.15. The zero-order chi connectivity index (χ0) is 20.4. The number of amidine groups is 1. The van der Waals surface area contributed by atoms with E-state index in [1.54, 1.807) is 42.7 Å². The summed E-state index contributed by atoms with van der Waals surface area (Å²) in [6.07, 6.45) is 2.69. The second kappa shape index (κ2) is 9.19. The van der Waals surface area contributed by atoms with Gasteiger partial charge >= 0.3 is 5.97 Å². The van der Waals surface area contributed by atoms with Crippen LogP contribution >= 0.6 is 12.4 Å². The van der Waals surface area contributed by atoms with Crippen LogP contribution in [0.1, 0.15) is 29.2 Å². The van der Waals surface area contributed by atoms with Crippen molar-refractivity contribution in [1.82, 2.24) is 0 Å². The average Bonchev–Trinajstić information content (AvgIpc) is 3.36. The van der Waals surface area contributed by atoms with E-state index in [0.29, 0.717) is 35.9 Å². The Balaban J connectivity index is 0.00000256. The predicted molar refractivity (Wildman–Crippen MR) is 115 cm³/mol. The Hall–Kier alpha value is -3.03. The van der Waals surface area contributed by atoms with Crippen molar-refractivity contribution in [1.29, 1.82) is 5.41 Å². The minimum atomic E-state index is -0.923. The molecular formula is C22H23ClN2O5. The van der Waals surface area contributed by atoms with Crippen LogP contribution in [-0.2, 0) is 16.0 Å². The van der Waals surface area contributed by atoms with Gasteiger partial charge in [0.2, 0.25) is 0 Å². The van der Waals surface area contributed by atoms with E-state index < -0.39 is 11.9 Å². The summed E-state index contributed by atoms with van der Waals surface area (Å²) in [6.45, 7) is 1.28. The summed E-state index contributed by atoms with van der Waals surface area (Å²) < 4.78 is 16.8. The second-order valence-corrected chi connectivity index (χ2v) is 7.14. The molecule has 4 N–H and O–H groups in total. The highest BCUT2D eigenvalue weighted by Crippen LogP contribution is 2.30. The molecule has 0 bridgehead atoms. The maximum absolute atomic E-state index is 11.9. The zero-order valence-corrected chi connectivity index (χ0v) is 17.0. The molecule has 0 aliphatic carbocycles. The second-order valence-electron chi connectivity index (χ2n) is 7.14. The molecule has 158 valence electrons. The standard InChI is InChI=1S/C22H22N2O5.ClH/c23-21(24)14-3-6-18-15(9-14)11-28-20(18)10-19(22(25)26)13-1-4-16(5-2-13)29-17-7-8-27-12-17;/h1-6,9,11,17,19H,7-8,10,12H2,(H3,23,24)(H,25,26);1H. The molecule has 3 aromatic rings. The molecule has 2 aromatic carbocycles. The minimum absolute atomic E-state index is 0. The van der Waals surface area contributed by atoms with Crippen molar-refractivity contribution < 1.29 is 23.8 Å². The molecule has 8 heteroatoms. The first kappa shape index (κ1) is 21.7. The summed E-state index contributed by atoms with van der Waals surface area (Å²) in [7, 11) is 0. The first-order chi connectivity index (χ1) is 14.0. The Morgan fingerprint density at radius 3 is 2.67 bits per heavy atom. The van der Waals surface area contributed by atoms with Gasteiger partial charge in [-0.25, -0.2) is 0 Å². The van der Waals surface area contributed by atoms with Gasteiger partial charge in [-0.3, -0.25) is 10.2 Å². The number of ether oxygens (including phenoxy) is 2. The fourth-order valence-electron chi connectivity index (χ4n) is 3.55. The first-order valence-electron chi connectivity index (χ1n) is 9.43. The van der Waals surface area contributed by atoms with Crippen LogP contribution in [-0.4, -0.2) is 36.2 Å². The Morgan fingerprint density at radius 2 is 2.03 bits per heavy atom. The molecule has 1 aliphatic rings. The molecule has 1 aromatic heterocycles. The van der Waals surface area contributed by atoms with Gasteiger partial charge in [-0.2, -0.15) is 0 Å². The smallest absolute Gasteiger partial charge is 0.311 e. The number of hydrogen-bond donors (Lipinski definition) is 3. The molecule has 1 aliphatic heterocycles. The molecule has 4 rings (SSSR count). The van der Waals surface area contributed by atoms with Crippen LogP contribution in [0.2, 0.25) is 0 Å². The van der Waals surface area contributed by atoms with Crippen molar-refractivity contribution in [3.05, 3.63) is 65.6 Å². The molecule has 2 unspecified atom stereocenters. The van der Waals surface area contributed by atoms with Crippen molar-refractivity contribution in [2.45, 2.75) is 24.9 Å². The van der Waals surface area contributed by atoms with Crippen molar-refractivity contribution in [3.8, 4) is 5.75 Å². The third kappa shape index (κ3) is 4.58. The van der Waals surface area contributed by atoms with Crippen molar-refractivity contribution in [3.63, 3.8) is 0 Å². The molecule has 1 fully saturated rings. The quantitative estimate of drug-likeness (QED) is 0.388. The van der Waals surface area contributed by atoms with Crippen LogP contribution in [0.3, 0.4) is 0 Å². The Kier molecular flexibility index (Phi) is 6.64. The molecule has 0 radical (unpaired) electrons. The van der Waals surface area contributed by atoms with E-state index in [0.717, 1.165) is 17.2 Å². The van der Waals surface area contributed by atoms with Crippen LogP contribution in [0.5, 0.6) is 5.75 Å². The Morgan fingerprint density at radius 1 is 1.27 bits per heavy atom. The zero-order valence-electron chi connectivity index (χ0n) is 16.2. The Bertz CT molecular complexity index is 1040. The lowest BCUT2D eigenvalue weighted by Gasteiger charge is -2.15. The van der Waals surface area contributed by atoms with E-state index in [2.05, 4.69) is 0 Å². The minimum Gasteiger partial charge on any atom is -0.488 e. The number of rotatable bonds is 7. The van der Waals surface area contributed by atoms with Crippen molar-refractivity contribution in [2.75, 3.05) is 13.2 Å². The number of carboxylic acids is 1. The topological polar surface area (TPSA) is 119 Å². The van der Waals surface area contributed by atoms with Crippen molar-refractivity contribution in [2.24, 2.45) is 5.73 Å². The summed E-state index contributed by atoms with van der Waals surface area (Å²) >= 11 is 0. The van der Waals surface area contributed by atoms with Gasteiger partial charge in [-0.05, 0) is 23.8 Å². The largest absolute Gasteiger partial charge is 0.488 e. The maximum atomic E-state index is 11.9. The van der Waals surface area contributed by atoms with E-state index in [9.17, 15) is 9.90 Å².